The number of carbonyl (C=O) groups is 2. The van der Waals surface area contributed by atoms with Crippen LogP contribution in [0.15, 0.2) is 0 Å². The van der Waals surface area contributed by atoms with E-state index >= 15 is 0 Å². The van der Waals surface area contributed by atoms with E-state index in [0.717, 1.165) is 25.0 Å². The molecule has 2 N–H and O–H groups in total. The van der Waals surface area contributed by atoms with Crippen LogP contribution in [0.1, 0.15) is 116 Å². The average molecular weight is 416 g/mol. The lowest BCUT2D eigenvalue weighted by molar-refractivity contribution is -0.160. The van der Waals surface area contributed by atoms with Crippen molar-refractivity contribution < 1.29 is 14.3 Å². The van der Waals surface area contributed by atoms with Crippen LogP contribution in [0, 0.1) is 0 Å². The monoisotopic (exact) mass is 415 g/mol. The molecule has 0 heterocycles. The second-order valence-electron chi connectivity index (χ2n) is 7.88. The van der Waals surface area contributed by atoms with Crippen molar-refractivity contribution in [2.24, 2.45) is 5.73 Å². The van der Waals surface area contributed by atoms with Gasteiger partial charge in [-0.25, -0.2) is 4.79 Å². The number of unbranched alkanes of at least 4 members (excludes halogenated alkanes) is 14. The van der Waals surface area contributed by atoms with Crippen molar-refractivity contribution in [3.05, 3.63) is 0 Å². The third-order valence-electron chi connectivity index (χ3n) is 5.13. The van der Waals surface area contributed by atoms with E-state index in [0.29, 0.717) is 12.8 Å². The summed E-state index contributed by atoms with van der Waals surface area (Å²) in [5.41, 5.74) is 5.70. The van der Waals surface area contributed by atoms with Crippen molar-refractivity contribution in [3.63, 3.8) is 0 Å². The summed E-state index contributed by atoms with van der Waals surface area (Å²) in [6, 6.07) is -0.683. The van der Waals surface area contributed by atoms with Crippen molar-refractivity contribution in [1.82, 2.24) is 0 Å². The van der Waals surface area contributed by atoms with Crippen LogP contribution in [0.4, 0.5) is 0 Å². The van der Waals surface area contributed by atoms with E-state index in [4.69, 9.17) is 10.5 Å². The third kappa shape index (κ3) is 18.8. The quantitative estimate of drug-likeness (QED) is 0.141. The highest BCUT2D eigenvalue weighted by atomic mass is 32.2. The van der Waals surface area contributed by atoms with Crippen LogP contribution in [-0.2, 0) is 14.3 Å². The summed E-state index contributed by atoms with van der Waals surface area (Å²) in [5.74, 6) is -0.219. The molecular weight excluding hydrogens is 370 g/mol. The van der Waals surface area contributed by atoms with Crippen molar-refractivity contribution in [3.8, 4) is 0 Å². The van der Waals surface area contributed by atoms with Gasteiger partial charge in [-0.05, 0) is 24.9 Å². The van der Waals surface area contributed by atoms with E-state index in [1.54, 1.807) is 11.8 Å². The molecule has 0 unspecified atom stereocenters. The largest absolute Gasteiger partial charge is 0.392 e. The Bertz CT molecular complexity index is 377. The molecule has 0 fully saturated rings. The number of rotatable bonds is 20. The number of hydrogen-bond acceptors (Lipinski definition) is 5. The summed E-state index contributed by atoms with van der Waals surface area (Å²) >= 11 is 1.63. The highest BCUT2D eigenvalue weighted by molar-refractivity contribution is 7.98. The smallest absolute Gasteiger partial charge is 0.330 e. The summed E-state index contributed by atoms with van der Waals surface area (Å²) < 4.78 is 4.82. The minimum atomic E-state index is -0.683. The Morgan fingerprint density at radius 2 is 1.21 bits per heavy atom. The number of carbonyl (C=O) groups excluding carboxylic acids is 2. The number of hydrogen-bond donors (Lipinski definition) is 1. The van der Waals surface area contributed by atoms with Crippen LogP contribution >= 0.6 is 11.8 Å². The Kier molecular flexibility index (Phi) is 20.8. The van der Waals surface area contributed by atoms with Crippen LogP contribution in [-0.4, -0.2) is 30.0 Å². The maximum atomic E-state index is 11.7. The Hall–Kier alpha value is -0.550. The second kappa shape index (κ2) is 21.2. The zero-order valence-electron chi connectivity index (χ0n) is 18.5. The first-order chi connectivity index (χ1) is 13.6. The zero-order chi connectivity index (χ0) is 20.9. The lowest BCUT2D eigenvalue weighted by atomic mass is 10.0. The predicted octanol–water partition coefficient (Wildman–Crippen LogP) is 6.40. The summed E-state index contributed by atoms with van der Waals surface area (Å²) in [6.07, 6.45) is 22.2. The summed E-state index contributed by atoms with van der Waals surface area (Å²) in [4.78, 5) is 23.3. The molecule has 0 aromatic rings. The molecule has 1 atom stereocenters. The topological polar surface area (TPSA) is 69.4 Å². The van der Waals surface area contributed by atoms with Crippen LogP contribution in [0.3, 0.4) is 0 Å². The maximum absolute atomic E-state index is 11.7. The molecule has 0 saturated heterocycles. The molecule has 0 aromatic carbocycles. The number of nitrogens with two attached hydrogens (primary N) is 1. The van der Waals surface area contributed by atoms with Gasteiger partial charge in [0.05, 0.1) is 0 Å². The summed E-state index contributed by atoms with van der Waals surface area (Å²) in [5, 5.41) is 0. The van der Waals surface area contributed by atoms with E-state index in [2.05, 4.69) is 6.92 Å². The Balaban J connectivity index is 3.32. The molecule has 5 heteroatoms. The third-order valence-corrected chi connectivity index (χ3v) is 5.78. The fourth-order valence-electron chi connectivity index (χ4n) is 3.24. The van der Waals surface area contributed by atoms with Crippen LogP contribution in [0.25, 0.3) is 0 Å². The van der Waals surface area contributed by atoms with Gasteiger partial charge in [-0.1, -0.05) is 96.8 Å². The Morgan fingerprint density at radius 3 is 1.64 bits per heavy atom. The maximum Gasteiger partial charge on any atom is 0.330 e. The molecule has 0 aliphatic rings. The molecule has 0 spiro atoms. The van der Waals surface area contributed by atoms with E-state index < -0.39 is 18.0 Å². The lowest BCUT2D eigenvalue weighted by Crippen LogP contribution is -2.34. The van der Waals surface area contributed by atoms with Gasteiger partial charge >= 0.3 is 11.9 Å². The molecule has 166 valence electrons. The van der Waals surface area contributed by atoms with Gasteiger partial charge in [0.15, 0.2) is 0 Å². The summed E-state index contributed by atoms with van der Waals surface area (Å²) in [7, 11) is 0. The van der Waals surface area contributed by atoms with Crippen LogP contribution in [0.5, 0.6) is 0 Å². The molecule has 0 radical (unpaired) electrons. The summed E-state index contributed by atoms with van der Waals surface area (Å²) in [6.45, 7) is 2.27. The molecule has 0 aliphatic heterocycles. The van der Waals surface area contributed by atoms with Gasteiger partial charge in [0.25, 0.3) is 0 Å². The minimum absolute atomic E-state index is 0.319. The molecule has 0 aliphatic carbocycles. The molecule has 0 amide bonds. The normalized spacial score (nSPS) is 12.1. The first-order valence-corrected chi connectivity index (χ1v) is 13.0. The molecule has 0 rings (SSSR count). The van der Waals surface area contributed by atoms with E-state index in [-0.39, 0.29) is 0 Å². The van der Waals surface area contributed by atoms with E-state index in [9.17, 15) is 9.59 Å². The van der Waals surface area contributed by atoms with Gasteiger partial charge in [0.2, 0.25) is 0 Å². The second-order valence-corrected chi connectivity index (χ2v) is 8.87. The molecule has 28 heavy (non-hydrogen) atoms. The number of esters is 2. The predicted molar refractivity (Wildman–Crippen MR) is 122 cm³/mol. The van der Waals surface area contributed by atoms with Gasteiger partial charge in [0, 0.05) is 6.42 Å². The van der Waals surface area contributed by atoms with Crippen molar-refractivity contribution >= 4 is 23.7 Å². The minimum Gasteiger partial charge on any atom is -0.392 e. The Labute approximate surface area is 178 Å². The SMILES string of the molecule is CCCCCCCCCCCCCCCCCC(=O)OC(=O)[C@@H](N)CCSC. The lowest BCUT2D eigenvalue weighted by Gasteiger charge is -2.09. The van der Waals surface area contributed by atoms with Crippen molar-refractivity contribution in [2.45, 2.75) is 122 Å². The standard InChI is InChI=1S/C23H45NO3S/c1-3-4-5-6-7-8-9-10-11-12-13-14-15-16-17-18-22(25)27-23(26)21(24)19-20-28-2/h21H,3-20,24H2,1-2H3/t21-/m0/s1. The van der Waals surface area contributed by atoms with Crippen molar-refractivity contribution in [2.75, 3.05) is 12.0 Å². The van der Waals surface area contributed by atoms with Gasteiger partial charge < -0.3 is 10.5 Å². The first-order valence-electron chi connectivity index (χ1n) is 11.6. The van der Waals surface area contributed by atoms with Gasteiger partial charge in [-0.3, -0.25) is 4.79 Å². The molecule has 0 bridgehead atoms. The van der Waals surface area contributed by atoms with Crippen LogP contribution < -0.4 is 5.73 Å². The highest BCUT2D eigenvalue weighted by Crippen LogP contribution is 2.14. The number of thioether (sulfide) groups is 1. The van der Waals surface area contributed by atoms with Crippen LogP contribution in [0.2, 0.25) is 0 Å². The number of ether oxygens (including phenoxy) is 1. The van der Waals surface area contributed by atoms with Gasteiger partial charge in [0.1, 0.15) is 6.04 Å². The van der Waals surface area contributed by atoms with E-state index in [1.807, 2.05) is 6.26 Å². The molecule has 0 aromatic heterocycles. The molecular formula is C23H45NO3S. The molecule has 4 nitrogen and oxygen atoms in total. The van der Waals surface area contributed by atoms with Gasteiger partial charge in [-0.15, -0.1) is 0 Å². The Morgan fingerprint density at radius 1 is 0.786 bits per heavy atom. The zero-order valence-corrected chi connectivity index (χ0v) is 19.3. The van der Waals surface area contributed by atoms with E-state index in [1.165, 1.54) is 77.0 Å². The average Bonchev–Trinajstić information content (AvgIpc) is 2.68. The van der Waals surface area contributed by atoms with Crippen molar-refractivity contribution in [1.29, 1.82) is 0 Å². The first kappa shape index (κ1) is 27.5. The fraction of sp³-hybridized carbons (Fsp3) is 0.913. The highest BCUT2D eigenvalue weighted by Gasteiger charge is 2.17. The fourth-order valence-corrected chi connectivity index (χ4v) is 3.73. The van der Waals surface area contributed by atoms with Gasteiger partial charge in [-0.2, -0.15) is 11.8 Å². The molecule has 0 saturated carbocycles.